The van der Waals surface area contributed by atoms with Crippen molar-refractivity contribution < 1.29 is 14.3 Å². The fourth-order valence-corrected chi connectivity index (χ4v) is 4.06. The minimum absolute atomic E-state index is 0.0309. The summed E-state index contributed by atoms with van der Waals surface area (Å²) in [5, 5.41) is 2.87. The van der Waals surface area contributed by atoms with Crippen LogP contribution in [-0.4, -0.2) is 59.5 Å². The zero-order valence-electron chi connectivity index (χ0n) is 17.6. The number of rotatable bonds is 4. The number of nitrogens with zero attached hydrogens (tertiary/aromatic N) is 2. The van der Waals surface area contributed by atoms with Crippen molar-refractivity contribution in [3.05, 3.63) is 76.7 Å². The van der Waals surface area contributed by atoms with E-state index in [-0.39, 0.29) is 11.8 Å². The van der Waals surface area contributed by atoms with Gasteiger partial charge in [0.2, 0.25) is 0 Å². The van der Waals surface area contributed by atoms with Gasteiger partial charge in [-0.25, -0.2) is 0 Å². The van der Waals surface area contributed by atoms with E-state index in [1.807, 2.05) is 59.5 Å². The SMILES string of the molecule is O=C1NCCc2[nH]c(-c3ccnc(/C=C/c4cccc(C(=O)N5CCOCC5)c4)c3)cc21. The largest absolute Gasteiger partial charge is 0.378 e. The van der Waals surface area contributed by atoms with Gasteiger partial charge in [-0.15, -0.1) is 0 Å². The molecule has 3 aromatic rings. The van der Waals surface area contributed by atoms with Gasteiger partial charge in [-0.05, 0) is 42.0 Å². The molecule has 1 fully saturated rings. The fraction of sp³-hybridized carbons (Fsp3) is 0.240. The molecule has 5 rings (SSSR count). The summed E-state index contributed by atoms with van der Waals surface area (Å²) in [6.45, 7) is 3.08. The number of carbonyl (C=O) groups is 2. The van der Waals surface area contributed by atoms with Crippen LogP contribution in [0, 0.1) is 0 Å². The minimum atomic E-state index is -0.0329. The Bertz CT molecular complexity index is 1190. The molecule has 1 aromatic carbocycles. The summed E-state index contributed by atoms with van der Waals surface area (Å²) >= 11 is 0. The normalized spacial score (nSPS) is 16.1. The van der Waals surface area contributed by atoms with Crippen molar-refractivity contribution in [1.82, 2.24) is 20.2 Å². The lowest BCUT2D eigenvalue weighted by molar-refractivity contribution is 0.0303. The Balaban J connectivity index is 1.34. The van der Waals surface area contributed by atoms with Crippen LogP contribution in [0.3, 0.4) is 0 Å². The van der Waals surface area contributed by atoms with Gasteiger partial charge in [-0.3, -0.25) is 14.6 Å². The van der Waals surface area contributed by atoms with Crippen LogP contribution in [0.15, 0.2) is 48.7 Å². The number of hydrogen-bond acceptors (Lipinski definition) is 4. The first-order valence-electron chi connectivity index (χ1n) is 10.8. The molecule has 0 radical (unpaired) electrons. The van der Waals surface area contributed by atoms with Crippen molar-refractivity contribution in [3.63, 3.8) is 0 Å². The number of H-pyrrole nitrogens is 1. The molecule has 2 aliphatic heterocycles. The van der Waals surface area contributed by atoms with Crippen LogP contribution in [0.25, 0.3) is 23.4 Å². The first-order chi connectivity index (χ1) is 15.7. The highest BCUT2D eigenvalue weighted by Crippen LogP contribution is 2.24. The molecule has 0 spiro atoms. The van der Waals surface area contributed by atoms with Crippen LogP contribution in [-0.2, 0) is 11.2 Å². The first-order valence-corrected chi connectivity index (χ1v) is 10.8. The second-order valence-corrected chi connectivity index (χ2v) is 7.91. The number of amides is 2. The first kappa shape index (κ1) is 20.2. The topological polar surface area (TPSA) is 87.3 Å². The quantitative estimate of drug-likeness (QED) is 0.669. The Hall–Kier alpha value is -3.71. The molecule has 32 heavy (non-hydrogen) atoms. The number of hydrogen-bond donors (Lipinski definition) is 2. The number of carbonyl (C=O) groups excluding carboxylic acids is 2. The number of morpholine rings is 1. The van der Waals surface area contributed by atoms with Crippen LogP contribution < -0.4 is 5.32 Å². The van der Waals surface area contributed by atoms with Gasteiger partial charge < -0.3 is 19.9 Å². The van der Waals surface area contributed by atoms with Crippen molar-refractivity contribution in [1.29, 1.82) is 0 Å². The van der Waals surface area contributed by atoms with Crippen LogP contribution in [0.2, 0.25) is 0 Å². The van der Waals surface area contributed by atoms with Gasteiger partial charge in [0.05, 0.1) is 24.5 Å². The van der Waals surface area contributed by atoms with Gasteiger partial charge in [0, 0.05) is 54.8 Å². The Labute approximate surface area is 186 Å². The molecule has 1 saturated heterocycles. The van der Waals surface area contributed by atoms with Gasteiger partial charge in [0.15, 0.2) is 0 Å². The Morgan fingerprint density at radius 3 is 2.81 bits per heavy atom. The maximum absolute atomic E-state index is 12.7. The van der Waals surface area contributed by atoms with E-state index in [1.54, 1.807) is 6.20 Å². The molecule has 2 N–H and O–H groups in total. The third kappa shape index (κ3) is 4.20. The number of fused-ring (bicyclic) bond motifs is 1. The second-order valence-electron chi connectivity index (χ2n) is 7.91. The van der Waals surface area contributed by atoms with E-state index in [4.69, 9.17) is 4.74 Å². The molecule has 162 valence electrons. The van der Waals surface area contributed by atoms with Crippen molar-refractivity contribution in [2.45, 2.75) is 6.42 Å². The molecular formula is C25H24N4O3. The number of benzene rings is 1. The third-order valence-corrected chi connectivity index (χ3v) is 5.78. The van der Waals surface area contributed by atoms with Gasteiger partial charge in [0.25, 0.3) is 11.8 Å². The van der Waals surface area contributed by atoms with E-state index in [9.17, 15) is 9.59 Å². The van der Waals surface area contributed by atoms with Crippen molar-refractivity contribution in [3.8, 4) is 11.3 Å². The second kappa shape index (κ2) is 8.80. The lowest BCUT2D eigenvalue weighted by Gasteiger charge is -2.26. The zero-order valence-corrected chi connectivity index (χ0v) is 17.6. The van der Waals surface area contributed by atoms with E-state index in [2.05, 4.69) is 15.3 Å². The predicted molar refractivity (Wildman–Crippen MR) is 122 cm³/mol. The lowest BCUT2D eigenvalue weighted by Crippen LogP contribution is -2.40. The molecule has 0 aliphatic carbocycles. The average molecular weight is 428 g/mol. The molecule has 0 bridgehead atoms. The summed E-state index contributed by atoms with van der Waals surface area (Å²) in [4.78, 5) is 34.4. The smallest absolute Gasteiger partial charge is 0.254 e. The molecule has 2 amide bonds. The van der Waals surface area contributed by atoms with E-state index in [1.165, 1.54) is 0 Å². The van der Waals surface area contributed by atoms with Crippen LogP contribution in [0.4, 0.5) is 0 Å². The standard InChI is InChI=1S/C25H24N4O3/c30-24-21-16-23(28-22(21)7-9-27-24)18-6-8-26-20(15-18)5-4-17-2-1-3-19(14-17)25(31)29-10-12-32-13-11-29/h1-6,8,14-16,28H,7,9-13H2,(H,27,30)/b5-4+. The average Bonchev–Trinajstić information content (AvgIpc) is 3.29. The van der Waals surface area contributed by atoms with E-state index < -0.39 is 0 Å². The molecule has 0 saturated carbocycles. The van der Waals surface area contributed by atoms with Crippen LogP contribution >= 0.6 is 0 Å². The summed E-state index contributed by atoms with van der Waals surface area (Å²) < 4.78 is 5.33. The Morgan fingerprint density at radius 2 is 1.97 bits per heavy atom. The fourth-order valence-electron chi connectivity index (χ4n) is 4.06. The molecule has 4 heterocycles. The van der Waals surface area contributed by atoms with Gasteiger partial charge in [-0.1, -0.05) is 18.2 Å². The number of pyridine rings is 1. The Morgan fingerprint density at radius 1 is 1.09 bits per heavy atom. The van der Waals surface area contributed by atoms with Crippen molar-refractivity contribution in [2.24, 2.45) is 0 Å². The highest BCUT2D eigenvalue weighted by Gasteiger charge is 2.20. The van der Waals surface area contributed by atoms with E-state index in [0.717, 1.165) is 34.6 Å². The van der Waals surface area contributed by atoms with E-state index in [0.29, 0.717) is 44.0 Å². The molecule has 2 aromatic heterocycles. The predicted octanol–water partition coefficient (Wildman–Crippen LogP) is 3.01. The van der Waals surface area contributed by atoms with Crippen LogP contribution in [0.1, 0.15) is 37.7 Å². The molecular weight excluding hydrogens is 404 g/mol. The van der Waals surface area contributed by atoms with Crippen molar-refractivity contribution in [2.75, 3.05) is 32.8 Å². The summed E-state index contributed by atoms with van der Waals surface area (Å²) in [7, 11) is 0. The molecule has 7 nitrogen and oxygen atoms in total. The maximum atomic E-state index is 12.7. The Kier molecular flexibility index (Phi) is 5.56. The third-order valence-electron chi connectivity index (χ3n) is 5.78. The summed E-state index contributed by atoms with van der Waals surface area (Å²) in [6, 6.07) is 13.4. The highest BCUT2D eigenvalue weighted by molar-refractivity contribution is 5.98. The zero-order chi connectivity index (χ0) is 21.9. The number of aromatic nitrogens is 2. The number of ether oxygens (including phenoxy) is 1. The van der Waals surface area contributed by atoms with Gasteiger partial charge >= 0.3 is 0 Å². The van der Waals surface area contributed by atoms with E-state index >= 15 is 0 Å². The number of nitrogens with one attached hydrogen (secondary N) is 2. The molecule has 2 aliphatic rings. The number of aromatic amines is 1. The van der Waals surface area contributed by atoms with Crippen molar-refractivity contribution >= 4 is 24.0 Å². The minimum Gasteiger partial charge on any atom is -0.378 e. The maximum Gasteiger partial charge on any atom is 0.254 e. The lowest BCUT2D eigenvalue weighted by atomic mass is 10.1. The molecule has 0 unspecified atom stereocenters. The molecule has 0 atom stereocenters. The summed E-state index contributed by atoms with van der Waals surface area (Å²) in [5.41, 5.74) is 5.96. The summed E-state index contributed by atoms with van der Waals surface area (Å²) in [5.74, 6) is -0.00199. The van der Waals surface area contributed by atoms with Gasteiger partial charge in [-0.2, -0.15) is 0 Å². The molecule has 7 heteroatoms. The van der Waals surface area contributed by atoms with Gasteiger partial charge in [0.1, 0.15) is 0 Å². The highest BCUT2D eigenvalue weighted by atomic mass is 16.5. The monoisotopic (exact) mass is 428 g/mol. The summed E-state index contributed by atoms with van der Waals surface area (Å²) in [6.07, 6.45) is 6.44. The van der Waals surface area contributed by atoms with Crippen LogP contribution in [0.5, 0.6) is 0 Å².